The minimum atomic E-state index is -2.89. The fraction of sp³-hybridized carbons (Fsp3) is 0.591. The first-order chi connectivity index (χ1) is 14.4. The predicted octanol–water partition coefficient (Wildman–Crippen LogP) is 3.82. The molecule has 30 heavy (non-hydrogen) atoms. The summed E-state index contributed by atoms with van der Waals surface area (Å²) < 4.78 is 25.2. The third-order valence-electron chi connectivity index (χ3n) is 6.36. The molecule has 0 N–H and O–H groups in total. The number of ketones is 1. The maximum absolute atomic E-state index is 12.6. The SMILES string of the molecule is Cn1c(C[C@H]2CCS(=O)(=O)C2)nnc1SCC(=O)c1ccc(C2CCCCC2)cc1. The lowest BCUT2D eigenvalue weighted by Crippen LogP contribution is -2.11. The van der Waals surface area contributed by atoms with E-state index in [1.165, 1.54) is 49.4 Å². The number of carbonyl (C=O) groups excluding carboxylic acids is 1. The summed E-state index contributed by atoms with van der Waals surface area (Å²) >= 11 is 1.38. The maximum Gasteiger partial charge on any atom is 0.191 e. The highest BCUT2D eigenvalue weighted by Crippen LogP contribution is 2.32. The van der Waals surface area contributed by atoms with E-state index < -0.39 is 9.84 Å². The monoisotopic (exact) mass is 447 g/mol. The minimum absolute atomic E-state index is 0.0848. The van der Waals surface area contributed by atoms with E-state index in [9.17, 15) is 13.2 Å². The topological polar surface area (TPSA) is 81.9 Å². The average Bonchev–Trinajstić information content (AvgIpc) is 3.28. The molecule has 1 aromatic carbocycles. The number of carbonyl (C=O) groups is 1. The van der Waals surface area contributed by atoms with Crippen LogP contribution in [0.4, 0.5) is 0 Å². The van der Waals surface area contributed by atoms with Crippen molar-refractivity contribution < 1.29 is 13.2 Å². The van der Waals surface area contributed by atoms with Crippen LogP contribution in [0.25, 0.3) is 0 Å². The fourth-order valence-electron chi connectivity index (χ4n) is 4.53. The lowest BCUT2D eigenvalue weighted by molar-refractivity contribution is 0.102. The van der Waals surface area contributed by atoms with E-state index in [4.69, 9.17) is 0 Å². The molecule has 1 atom stereocenters. The summed E-state index contributed by atoms with van der Waals surface area (Å²) in [7, 11) is -1.01. The van der Waals surface area contributed by atoms with Gasteiger partial charge in [-0.2, -0.15) is 0 Å². The minimum Gasteiger partial charge on any atom is -0.309 e. The molecule has 1 aliphatic carbocycles. The second-order valence-corrected chi connectivity index (χ2v) is 11.8. The first-order valence-electron chi connectivity index (χ1n) is 10.8. The summed E-state index contributed by atoms with van der Waals surface area (Å²) in [5, 5.41) is 9.13. The van der Waals surface area contributed by atoms with Crippen LogP contribution in [0.2, 0.25) is 0 Å². The van der Waals surface area contributed by atoms with E-state index in [1.54, 1.807) is 0 Å². The van der Waals surface area contributed by atoms with Crippen LogP contribution in [0.5, 0.6) is 0 Å². The van der Waals surface area contributed by atoms with Gasteiger partial charge in [-0.25, -0.2) is 8.42 Å². The van der Waals surface area contributed by atoms with Crippen LogP contribution in [-0.4, -0.2) is 46.2 Å². The van der Waals surface area contributed by atoms with Gasteiger partial charge in [-0.15, -0.1) is 10.2 Å². The molecule has 0 radical (unpaired) electrons. The molecule has 8 heteroatoms. The lowest BCUT2D eigenvalue weighted by Gasteiger charge is -2.22. The summed E-state index contributed by atoms with van der Waals surface area (Å²) in [4.78, 5) is 12.6. The Balaban J connectivity index is 1.32. The number of aromatic nitrogens is 3. The number of Topliss-reactive ketones (excluding diaryl/α,β-unsaturated/α-hetero) is 1. The second kappa shape index (κ2) is 9.22. The van der Waals surface area contributed by atoms with Crippen LogP contribution in [0.3, 0.4) is 0 Å². The summed E-state index contributed by atoms with van der Waals surface area (Å²) in [6.45, 7) is 0. The van der Waals surface area contributed by atoms with Crippen LogP contribution in [-0.2, 0) is 23.3 Å². The number of benzene rings is 1. The van der Waals surface area contributed by atoms with E-state index in [1.807, 2.05) is 23.7 Å². The van der Waals surface area contributed by atoms with Gasteiger partial charge in [0.05, 0.1) is 17.3 Å². The Hall–Kier alpha value is -1.67. The fourth-order valence-corrected chi connectivity index (χ4v) is 7.22. The van der Waals surface area contributed by atoms with Gasteiger partial charge in [-0.3, -0.25) is 4.79 Å². The first-order valence-corrected chi connectivity index (χ1v) is 13.6. The molecule has 1 saturated carbocycles. The molecule has 2 heterocycles. The third-order valence-corrected chi connectivity index (χ3v) is 9.22. The standard InChI is InChI=1S/C22H29N3O3S2/c1-25-21(13-16-11-12-30(27,28)15-16)23-24-22(25)29-14-20(26)19-9-7-18(8-10-19)17-5-3-2-4-6-17/h7-10,16-17H,2-6,11-15H2,1H3/t16-/m1/s1. The van der Waals surface area contributed by atoms with E-state index in [0.29, 0.717) is 29.7 Å². The molecule has 0 spiro atoms. The number of sulfone groups is 1. The molecule has 4 rings (SSSR count). The molecule has 0 bridgehead atoms. The van der Waals surface area contributed by atoms with Crippen LogP contribution in [0.15, 0.2) is 29.4 Å². The third kappa shape index (κ3) is 5.14. The molecule has 2 fully saturated rings. The van der Waals surface area contributed by atoms with Gasteiger partial charge in [0.15, 0.2) is 20.8 Å². The van der Waals surface area contributed by atoms with Crippen molar-refractivity contribution in [2.45, 2.75) is 56.0 Å². The van der Waals surface area contributed by atoms with E-state index in [0.717, 1.165) is 11.4 Å². The number of nitrogens with zero attached hydrogens (tertiary/aromatic N) is 3. The first kappa shape index (κ1) is 21.6. The van der Waals surface area contributed by atoms with E-state index in [2.05, 4.69) is 22.3 Å². The normalized spacial score (nSPS) is 21.7. The van der Waals surface area contributed by atoms with Gasteiger partial charge >= 0.3 is 0 Å². The zero-order chi connectivity index (χ0) is 21.1. The van der Waals surface area contributed by atoms with Crippen molar-refractivity contribution in [2.75, 3.05) is 17.3 Å². The molecule has 0 unspecified atom stereocenters. The van der Waals surface area contributed by atoms with Crippen molar-refractivity contribution in [3.63, 3.8) is 0 Å². The molecule has 1 saturated heterocycles. The molecule has 6 nitrogen and oxygen atoms in total. The molecule has 2 aliphatic rings. The van der Waals surface area contributed by atoms with Crippen molar-refractivity contribution in [1.29, 1.82) is 0 Å². The Kier molecular flexibility index (Phi) is 6.63. The van der Waals surface area contributed by atoms with Gasteiger partial charge in [-0.05, 0) is 36.7 Å². The number of hydrogen-bond donors (Lipinski definition) is 0. The van der Waals surface area contributed by atoms with Crippen molar-refractivity contribution in [3.05, 3.63) is 41.2 Å². The predicted molar refractivity (Wildman–Crippen MR) is 119 cm³/mol. The largest absolute Gasteiger partial charge is 0.309 e. The van der Waals surface area contributed by atoms with Gasteiger partial charge in [0.1, 0.15) is 5.82 Å². The smallest absolute Gasteiger partial charge is 0.191 e. The summed E-state index contributed by atoms with van der Waals surface area (Å²) in [5.74, 6) is 2.44. The van der Waals surface area contributed by atoms with Crippen LogP contribution in [0.1, 0.15) is 66.2 Å². The lowest BCUT2D eigenvalue weighted by atomic mass is 9.84. The highest BCUT2D eigenvalue weighted by molar-refractivity contribution is 7.99. The molecule has 1 aromatic heterocycles. The highest BCUT2D eigenvalue weighted by atomic mass is 32.2. The Bertz CT molecular complexity index is 993. The molecular weight excluding hydrogens is 418 g/mol. The Morgan fingerprint density at radius 1 is 1.10 bits per heavy atom. The van der Waals surface area contributed by atoms with Crippen LogP contribution in [0, 0.1) is 5.92 Å². The van der Waals surface area contributed by atoms with E-state index >= 15 is 0 Å². The quantitative estimate of drug-likeness (QED) is 0.474. The van der Waals surface area contributed by atoms with Crippen molar-refractivity contribution in [3.8, 4) is 0 Å². The van der Waals surface area contributed by atoms with Gasteiger partial charge in [0, 0.05) is 19.0 Å². The summed E-state index contributed by atoms with van der Waals surface area (Å²) in [5.41, 5.74) is 2.09. The van der Waals surface area contributed by atoms with Gasteiger partial charge in [0.25, 0.3) is 0 Å². The zero-order valence-electron chi connectivity index (χ0n) is 17.4. The van der Waals surface area contributed by atoms with Gasteiger partial charge in [-0.1, -0.05) is 55.3 Å². The number of thioether (sulfide) groups is 1. The summed E-state index contributed by atoms with van der Waals surface area (Å²) in [6, 6.07) is 8.14. The maximum atomic E-state index is 12.6. The number of rotatable bonds is 7. The van der Waals surface area contributed by atoms with Crippen LogP contribution >= 0.6 is 11.8 Å². The molecule has 2 aromatic rings. The van der Waals surface area contributed by atoms with Gasteiger partial charge in [0.2, 0.25) is 0 Å². The summed E-state index contributed by atoms with van der Waals surface area (Å²) in [6.07, 6.45) is 7.76. The average molecular weight is 448 g/mol. The molecular formula is C22H29N3O3S2. The molecule has 162 valence electrons. The highest BCUT2D eigenvalue weighted by Gasteiger charge is 2.29. The van der Waals surface area contributed by atoms with Crippen molar-refractivity contribution in [1.82, 2.24) is 14.8 Å². The van der Waals surface area contributed by atoms with Gasteiger partial charge < -0.3 is 4.57 Å². The van der Waals surface area contributed by atoms with Crippen molar-refractivity contribution >= 4 is 27.4 Å². The van der Waals surface area contributed by atoms with Crippen molar-refractivity contribution in [2.24, 2.45) is 13.0 Å². The second-order valence-electron chi connectivity index (χ2n) is 8.60. The Morgan fingerprint density at radius 2 is 1.83 bits per heavy atom. The Labute approximate surface area is 182 Å². The molecule has 0 amide bonds. The Morgan fingerprint density at radius 3 is 2.50 bits per heavy atom. The van der Waals surface area contributed by atoms with E-state index in [-0.39, 0.29) is 23.2 Å². The zero-order valence-corrected chi connectivity index (χ0v) is 19.1. The molecule has 1 aliphatic heterocycles. The number of hydrogen-bond acceptors (Lipinski definition) is 6. The van der Waals surface area contributed by atoms with Crippen LogP contribution < -0.4 is 0 Å².